The third kappa shape index (κ3) is 55.6. The molecule has 0 N–H and O–H groups in total. The van der Waals surface area contributed by atoms with Gasteiger partial charge in [0.05, 0.1) is 0 Å². The van der Waals surface area contributed by atoms with E-state index >= 15 is 0 Å². The highest BCUT2D eigenvalue weighted by Gasteiger charge is 2.19. The van der Waals surface area contributed by atoms with E-state index in [4.69, 9.17) is 14.2 Å². The van der Waals surface area contributed by atoms with Crippen molar-refractivity contribution in [2.24, 2.45) is 0 Å². The molecule has 1 unspecified atom stereocenters. The molecule has 69 heavy (non-hydrogen) atoms. The van der Waals surface area contributed by atoms with Crippen molar-refractivity contribution in [3.63, 3.8) is 0 Å². The number of hydrogen-bond donors (Lipinski definition) is 0. The van der Waals surface area contributed by atoms with Gasteiger partial charge in [-0.3, -0.25) is 14.4 Å². The Morgan fingerprint density at radius 1 is 0.319 bits per heavy atom. The van der Waals surface area contributed by atoms with Gasteiger partial charge in [-0.15, -0.1) is 0 Å². The summed E-state index contributed by atoms with van der Waals surface area (Å²) in [6, 6.07) is 0. The van der Waals surface area contributed by atoms with E-state index in [1.807, 2.05) is 0 Å². The number of ether oxygens (including phenoxy) is 3. The summed E-state index contributed by atoms with van der Waals surface area (Å²) in [6.45, 7) is 6.50. The highest BCUT2D eigenvalue weighted by atomic mass is 16.6. The first-order valence-corrected chi connectivity index (χ1v) is 29.5. The summed E-state index contributed by atoms with van der Waals surface area (Å²) in [6.07, 6.45) is 73.1. The number of esters is 3. The van der Waals surface area contributed by atoms with Crippen molar-refractivity contribution >= 4 is 17.9 Å². The molecule has 0 rings (SSSR count). The Morgan fingerprint density at radius 3 is 1.01 bits per heavy atom. The molecule has 0 fully saturated rings. The number of carbonyl (C=O) groups excluding carboxylic acids is 3. The Labute approximate surface area is 427 Å². The molecular formula is C63H110O6. The minimum Gasteiger partial charge on any atom is -0.462 e. The van der Waals surface area contributed by atoms with Crippen LogP contribution in [0.15, 0.2) is 72.9 Å². The van der Waals surface area contributed by atoms with E-state index in [0.717, 1.165) is 83.5 Å². The topological polar surface area (TPSA) is 78.9 Å². The summed E-state index contributed by atoms with van der Waals surface area (Å²) in [5.74, 6) is -0.894. The lowest BCUT2D eigenvalue weighted by Crippen LogP contribution is -2.30. The van der Waals surface area contributed by atoms with Gasteiger partial charge in [0, 0.05) is 19.3 Å². The van der Waals surface area contributed by atoms with Crippen molar-refractivity contribution in [1.29, 1.82) is 0 Å². The van der Waals surface area contributed by atoms with Gasteiger partial charge in [-0.2, -0.15) is 0 Å². The highest BCUT2D eigenvalue weighted by molar-refractivity contribution is 5.71. The smallest absolute Gasteiger partial charge is 0.306 e. The molecule has 0 bridgehead atoms. The third-order valence-electron chi connectivity index (χ3n) is 12.7. The van der Waals surface area contributed by atoms with Gasteiger partial charge in [0.1, 0.15) is 13.2 Å². The number of carbonyl (C=O) groups is 3. The predicted molar refractivity (Wildman–Crippen MR) is 298 cm³/mol. The average molecular weight is 964 g/mol. The van der Waals surface area contributed by atoms with Gasteiger partial charge in [-0.05, 0) is 103 Å². The molecule has 6 nitrogen and oxygen atoms in total. The SMILES string of the molecule is CC/C=C\C/C=C\C/C=C\CCCCCCCCCCCC(=O)OCC(COC(=O)CCCCCCCC/C=C\C=C/CCCCC)OC(=O)CCCCCCCCC/C=C\CCCCCCCC. The van der Waals surface area contributed by atoms with Crippen LogP contribution < -0.4 is 0 Å². The summed E-state index contributed by atoms with van der Waals surface area (Å²) in [7, 11) is 0. The van der Waals surface area contributed by atoms with Gasteiger partial charge in [0.2, 0.25) is 0 Å². The fraction of sp³-hybridized carbons (Fsp3) is 0.762. The van der Waals surface area contributed by atoms with Crippen LogP contribution >= 0.6 is 0 Å². The van der Waals surface area contributed by atoms with Gasteiger partial charge in [-0.1, -0.05) is 241 Å². The van der Waals surface area contributed by atoms with Crippen molar-refractivity contribution in [3.05, 3.63) is 72.9 Å². The Balaban J connectivity index is 4.39. The van der Waals surface area contributed by atoms with E-state index in [1.54, 1.807) is 0 Å². The zero-order chi connectivity index (χ0) is 50.0. The molecule has 1 atom stereocenters. The molecule has 6 heteroatoms. The van der Waals surface area contributed by atoms with Gasteiger partial charge in [0.25, 0.3) is 0 Å². The van der Waals surface area contributed by atoms with Crippen molar-refractivity contribution in [1.82, 2.24) is 0 Å². The van der Waals surface area contributed by atoms with Crippen LogP contribution in [0, 0.1) is 0 Å². The van der Waals surface area contributed by atoms with E-state index in [9.17, 15) is 14.4 Å². The summed E-state index contributed by atoms with van der Waals surface area (Å²) in [4.78, 5) is 38.2. The molecule has 0 aromatic carbocycles. The fourth-order valence-corrected chi connectivity index (χ4v) is 8.27. The first-order chi connectivity index (χ1) is 34.0. The predicted octanol–water partition coefficient (Wildman–Crippen LogP) is 19.8. The van der Waals surface area contributed by atoms with Crippen molar-refractivity contribution in [2.45, 2.75) is 297 Å². The van der Waals surface area contributed by atoms with E-state index in [0.29, 0.717) is 19.3 Å². The third-order valence-corrected chi connectivity index (χ3v) is 12.7. The summed E-state index contributed by atoms with van der Waals surface area (Å²) >= 11 is 0. The van der Waals surface area contributed by atoms with Crippen LogP contribution in [-0.2, 0) is 28.6 Å². The molecule has 0 heterocycles. The Kier molecular flexibility index (Phi) is 54.8. The van der Waals surface area contributed by atoms with Crippen LogP contribution in [0.25, 0.3) is 0 Å². The summed E-state index contributed by atoms with van der Waals surface area (Å²) < 4.78 is 16.9. The van der Waals surface area contributed by atoms with Crippen LogP contribution in [0.4, 0.5) is 0 Å². The molecule has 0 aromatic heterocycles. The van der Waals surface area contributed by atoms with E-state index in [2.05, 4.69) is 93.7 Å². The number of rotatable bonds is 53. The summed E-state index contributed by atoms with van der Waals surface area (Å²) in [5.41, 5.74) is 0. The molecule has 0 aromatic rings. The largest absolute Gasteiger partial charge is 0.462 e. The van der Waals surface area contributed by atoms with Gasteiger partial charge >= 0.3 is 17.9 Å². The monoisotopic (exact) mass is 963 g/mol. The van der Waals surface area contributed by atoms with Crippen LogP contribution in [0.1, 0.15) is 290 Å². The molecule has 398 valence electrons. The maximum Gasteiger partial charge on any atom is 0.306 e. The lowest BCUT2D eigenvalue weighted by atomic mass is 10.1. The van der Waals surface area contributed by atoms with Crippen molar-refractivity contribution < 1.29 is 28.6 Å². The summed E-state index contributed by atoms with van der Waals surface area (Å²) in [5, 5.41) is 0. The molecule has 0 aliphatic rings. The lowest BCUT2D eigenvalue weighted by Gasteiger charge is -2.18. The Hall–Kier alpha value is -3.15. The Bertz CT molecular complexity index is 1290. The minimum absolute atomic E-state index is 0.0830. The molecule has 0 aliphatic heterocycles. The zero-order valence-electron chi connectivity index (χ0n) is 45.6. The molecule has 0 saturated heterocycles. The van der Waals surface area contributed by atoms with E-state index < -0.39 is 6.10 Å². The van der Waals surface area contributed by atoms with E-state index in [1.165, 1.54) is 167 Å². The molecule has 0 amide bonds. The van der Waals surface area contributed by atoms with Gasteiger partial charge in [0.15, 0.2) is 6.10 Å². The molecular weight excluding hydrogens is 853 g/mol. The maximum atomic E-state index is 12.9. The average Bonchev–Trinajstić information content (AvgIpc) is 3.35. The molecule has 0 saturated carbocycles. The van der Waals surface area contributed by atoms with Crippen LogP contribution in [0.5, 0.6) is 0 Å². The number of hydrogen-bond acceptors (Lipinski definition) is 6. The first kappa shape index (κ1) is 65.8. The van der Waals surface area contributed by atoms with Gasteiger partial charge < -0.3 is 14.2 Å². The lowest BCUT2D eigenvalue weighted by molar-refractivity contribution is -0.167. The number of unbranched alkanes of at least 4 members (excludes halogenated alkanes) is 31. The second-order valence-corrected chi connectivity index (χ2v) is 19.5. The highest BCUT2D eigenvalue weighted by Crippen LogP contribution is 2.15. The van der Waals surface area contributed by atoms with Gasteiger partial charge in [-0.25, -0.2) is 0 Å². The van der Waals surface area contributed by atoms with Crippen molar-refractivity contribution in [3.8, 4) is 0 Å². The number of allylic oxidation sites excluding steroid dienone is 12. The minimum atomic E-state index is -0.785. The second-order valence-electron chi connectivity index (χ2n) is 19.5. The first-order valence-electron chi connectivity index (χ1n) is 29.5. The maximum absolute atomic E-state index is 12.9. The normalized spacial score (nSPS) is 12.6. The molecule has 0 spiro atoms. The quantitative estimate of drug-likeness (QED) is 0.0199. The van der Waals surface area contributed by atoms with E-state index in [-0.39, 0.29) is 31.1 Å². The molecule has 0 aliphatic carbocycles. The fourth-order valence-electron chi connectivity index (χ4n) is 8.27. The van der Waals surface area contributed by atoms with Crippen molar-refractivity contribution in [2.75, 3.05) is 13.2 Å². The second kappa shape index (κ2) is 57.4. The standard InChI is InChI=1S/C63H110O6/c1-4-7-10-13-16-19-22-25-28-30-31-33-35-38-41-44-47-50-53-56-62(65)68-59-60(58-67-61(64)55-52-49-46-43-40-37-34-27-24-21-18-15-12-9-6-3)69-63(66)57-54-51-48-45-42-39-36-32-29-26-23-20-17-14-11-8-5-2/h7,10,16,18-19,21,24-29,60H,4-6,8-9,11-15,17,20,22-23,30-59H2,1-3H3/b10-7-,19-16-,21-18-,27-24-,28-25-,29-26-. The van der Waals surface area contributed by atoms with Crippen LogP contribution in [-0.4, -0.2) is 37.2 Å². The Morgan fingerprint density at radius 2 is 0.609 bits per heavy atom. The zero-order valence-corrected chi connectivity index (χ0v) is 45.6. The van der Waals surface area contributed by atoms with Crippen LogP contribution in [0.3, 0.4) is 0 Å². The molecule has 0 radical (unpaired) electrons. The van der Waals surface area contributed by atoms with Crippen LogP contribution in [0.2, 0.25) is 0 Å².